The Balaban J connectivity index is 1.74. The maximum Gasteiger partial charge on any atom is 0.373 e. The summed E-state index contributed by atoms with van der Waals surface area (Å²) in [7, 11) is 5.67. The van der Waals surface area contributed by atoms with Crippen molar-refractivity contribution in [3.63, 3.8) is 0 Å². The van der Waals surface area contributed by atoms with Crippen molar-refractivity contribution in [3.05, 3.63) is 96.1 Å². The van der Waals surface area contributed by atoms with E-state index in [1.807, 2.05) is 0 Å². The first kappa shape index (κ1) is 33.4. The fraction of sp³-hybridized carbons (Fsp3) is 0.189. The first-order valence-corrected chi connectivity index (χ1v) is 14.7. The van der Waals surface area contributed by atoms with Crippen LogP contribution < -0.4 is 18.9 Å². The van der Waals surface area contributed by atoms with Gasteiger partial charge < -0.3 is 27.8 Å². The molecule has 0 unspecified atom stereocenters. The van der Waals surface area contributed by atoms with Gasteiger partial charge in [-0.3, -0.25) is 0 Å². The fourth-order valence-electron chi connectivity index (χ4n) is 5.52. The summed E-state index contributed by atoms with van der Waals surface area (Å²) in [6.07, 6.45) is -3.96. The molecule has 12 heteroatoms. The van der Waals surface area contributed by atoms with E-state index in [1.165, 1.54) is 89.1 Å². The third-order valence-corrected chi connectivity index (χ3v) is 8.13. The Hall–Kier alpha value is -5.52. The van der Waals surface area contributed by atoms with E-state index in [0.717, 1.165) is 6.08 Å². The van der Waals surface area contributed by atoms with Crippen LogP contribution in [0.15, 0.2) is 93.8 Å². The lowest BCUT2D eigenvalue weighted by Crippen LogP contribution is -2.47. The van der Waals surface area contributed by atoms with Crippen molar-refractivity contribution in [3.8, 4) is 45.6 Å². The highest BCUT2D eigenvalue weighted by Crippen LogP contribution is 2.53. The number of hydrogen-bond acceptors (Lipinski definition) is 6. The Bertz CT molecular complexity index is 2150. The monoisotopic (exact) mass is 682 g/mol. The van der Waals surface area contributed by atoms with Crippen molar-refractivity contribution in [2.75, 3.05) is 28.4 Å². The van der Waals surface area contributed by atoms with Crippen LogP contribution in [0.5, 0.6) is 23.0 Å². The molecule has 6 nitrogen and oxygen atoms in total. The summed E-state index contributed by atoms with van der Waals surface area (Å²) in [6, 6.07) is 21.0. The van der Waals surface area contributed by atoms with E-state index in [9.17, 15) is 8.78 Å². The minimum atomic E-state index is -5.81. The van der Waals surface area contributed by atoms with Gasteiger partial charge in [-0.25, -0.2) is 8.78 Å². The predicted octanol–water partition coefficient (Wildman–Crippen LogP) is 10.6. The van der Waals surface area contributed by atoms with E-state index >= 15 is 17.6 Å². The van der Waals surface area contributed by atoms with Crippen molar-refractivity contribution >= 4 is 33.6 Å². The molecule has 0 aliphatic carbocycles. The molecule has 0 fully saturated rings. The van der Waals surface area contributed by atoms with Gasteiger partial charge in [0.1, 0.15) is 45.7 Å². The standard InChI is InChI=1S/C37H28F6O6/c1-44-22-9-5-20(6-10-22)33-28(26-15-13-24(46-3)17-30(26)48-33)19-29(36(40,41)37(42,43)35(38)39)32-27-16-14-25(47-4)18-31(27)49-34(32)21-7-11-23(45-2)12-8-21/h5-19,35H,1-4H3. The number of alkyl halides is 6. The highest BCUT2D eigenvalue weighted by Gasteiger charge is 2.65. The molecule has 0 saturated carbocycles. The van der Waals surface area contributed by atoms with Gasteiger partial charge in [-0.15, -0.1) is 0 Å². The van der Waals surface area contributed by atoms with Gasteiger partial charge in [-0.05, 0) is 78.9 Å². The Morgan fingerprint density at radius 1 is 0.592 bits per heavy atom. The molecular weight excluding hydrogens is 654 g/mol. The lowest BCUT2D eigenvalue weighted by molar-refractivity contribution is -0.236. The number of methoxy groups -OCH3 is 4. The number of furan rings is 2. The first-order chi connectivity index (χ1) is 23.4. The van der Waals surface area contributed by atoms with Crippen LogP contribution in [0.4, 0.5) is 26.3 Å². The summed E-state index contributed by atoms with van der Waals surface area (Å²) in [5.41, 5.74) is -1.34. The average molecular weight is 683 g/mol. The van der Waals surface area contributed by atoms with Crippen LogP contribution in [-0.2, 0) is 0 Å². The minimum Gasteiger partial charge on any atom is -0.497 e. The number of rotatable bonds is 11. The minimum absolute atomic E-state index is 0.0000338. The van der Waals surface area contributed by atoms with Crippen LogP contribution in [0.1, 0.15) is 11.1 Å². The smallest absolute Gasteiger partial charge is 0.373 e. The van der Waals surface area contributed by atoms with Crippen molar-refractivity contribution in [2.24, 2.45) is 0 Å². The molecule has 0 spiro atoms. The quantitative estimate of drug-likeness (QED) is 0.127. The average Bonchev–Trinajstić information content (AvgIpc) is 3.67. The van der Waals surface area contributed by atoms with Gasteiger partial charge in [-0.2, -0.15) is 17.6 Å². The van der Waals surface area contributed by atoms with Crippen molar-refractivity contribution in [1.29, 1.82) is 0 Å². The van der Waals surface area contributed by atoms with Crippen LogP contribution >= 0.6 is 0 Å². The van der Waals surface area contributed by atoms with Gasteiger partial charge in [0.2, 0.25) is 0 Å². The molecule has 0 radical (unpaired) electrons. The van der Waals surface area contributed by atoms with Gasteiger partial charge in [0, 0.05) is 50.7 Å². The van der Waals surface area contributed by atoms with Crippen molar-refractivity contribution in [2.45, 2.75) is 18.3 Å². The summed E-state index contributed by atoms with van der Waals surface area (Å²) in [5.74, 6) is -10.0. The van der Waals surface area contributed by atoms with Crippen LogP contribution in [-0.4, -0.2) is 46.7 Å². The van der Waals surface area contributed by atoms with Crippen molar-refractivity contribution < 1.29 is 54.1 Å². The van der Waals surface area contributed by atoms with Crippen LogP contribution in [0.25, 0.3) is 56.2 Å². The molecule has 0 aliphatic rings. The Morgan fingerprint density at radius 3 is 1.51 bits per heavy atom. The molecular formula is C37H28F6O6. The van der Waals surface area contributed by atoms with Crippen LogP contribution in [0.3, 0.4) is 0 Å². The number of benzene rings is 4. The largest absolute Gasteiger partial charge is 0.497 e. The van der Waals surface area contributed by atoms with Gasteiger partial charge >= 0.3 is 18.3 Å². The number of hydrogen-bond donors (Lipinski definition) is 0. The molecule has 0 amide bonds. The zero-order valence-corrected chi connectivity index (χ0v) is 26.5. The van der Waals surface area contributed by atoms with E-state index in [-0.39, 0.29) is 50.3 Å². The highest BCUT2D eigenvalue weighted by atomic mass is 19.3. The Kier molecular flexibility index (Phi) is 8.74. The van der Waals surface area contributed by atoms with E-state index in [4.69, 9.17) is 27.8 Å². The third-order valence-electron chi connectivity index (χ3n) is 8.13. The molecule has 4 aromatic carbocycles. The van der Waals surface area contributed by atoms with E-state index < -0.39 is 29.4 Å². The molecule has 2 aromatic heterocycles. The van der Waals surface area contributed by atoms with E-state index in [2.05, 4.69) is 0 Å². The summed E-state index contributed by atoms with van der Waals surface area (Å²) >= 11 is 0. The zero-order valence-electron chi connectivity index (χ0n) is 26.5. The molecule has 49 heavy (non-hydrogen) atoms. The summed E-state index contributed by atoms with van der Waals surface area (Å²) in [4.78, 5) is 0. The molecule has 0 saturated heterocycles. The molecule has 0 atom stereocenters. The van der Waals surface area contributed by atoms with Crippen LogP contribution in [0, 0.1) is 0 Å². The highest BCUT2D eigenvalue weighted by molar-refractivity contribution is 6.07. The third kappa shape index (κ3) is 5.81. The molecule has 2 heterocycles. The number of ether oxygens (including phenoxy) is 4. The second kappa shape index (κ2) is 12.8. The number of allylic oxidation sites excluding steroid dienone is 1. The maximum atomic E-state index is 16.5. The Labute approximate surface area is 276 Å². The first-order valence-electron chi connectivity index (χ1n) is 14.7. The second-order valence-electron chi connectivity index (χ2n) is 10.9. The van der Waals surface area contributed by atoms with Gasteiger partial charge in [0.15, 0.2) is 0 Å². The molecule has 6 rings (SSSR count). The molecule has 0 aliphatic heterocycles. The van der Waals surface area contributed by atoms with E-state index in [1.54, 1.807) is 24.3 Å². The van der Waals surface area contributed by atoms with Gasteiger partial charge in [0.05, 0.1) is 28.4 Å². The summed E-state index contributed by atoms with van der Waals surface area (Å²) in [6.45, 7) is 0. The zero-order chi connectivity index (χ0) is 35.1. The number of fused-ring (bicyclic) bond motifs is 2. The lowest BCUT2D eigenvalue weighted by Gasteiger charge is -2.28. The summed E-state index contributed by atoms with van der Waals surface area (Å²) in [5, 5.41) is 0.170. The molecule has 0 bridgehead atoms. The molecule has 0 N–H and O–H groups in total. The van der Waals surface area contributed by atoms with Gasteiger partial charge in [0.25, 0.3) is 0 Å². The second-order valence-corrected chi connectivity index (χ2v) is 10.9. The Morgan fingerprint density at radius 2 is 1.02 bits per heavy atom. The van der Waals surface area contributed by atoms with Crippen LogP contribution in [0.2, 0.25) is 0 Å². The van der Waals surface area contributed by atoms with Crippen molar-refractivity contribution in [1.82, 2.24) is 0 Å². The maximum absolute atomic E-state index is 16.5. The normalized spacial score (nSPS) is 12.6. The molecule has 254 valence electrons. The fourth-order valence-corrected chi connectivity index (χ4v) is 5.52. The van der Waals surface area contributed by atoms with E-state index in [0.29, 0.717) is 22.8 Å². The topological polar surface area (TPSA) is 63.2 Å². The van der Waals surface area contributed by atoms with Gasteiger partial charge in [-0.1, -0.05) is 0 Å². The SMILES string of the molecule is COc1ccc(-c2oc3cc(OC)ccc3c2C=C(c2c(-c3ccc(OC)cc3)oc3cc(OC)ccc23)C(F)(F)C(F)(F)C(F)F)cc1. The summed E-state index contributed by atoms with van der Waals surface area (Å²) < 4.78 is 124. The lowest BCUT2D eigenvalue weighted by atomic mass is 9.88. The predicted molar refractivity (Wildman–Crippen MR) is 173 cm³/mol. The molecule has 6 aromatic rings. The number of halogens is 6.